The molecule has 1 aliphatic heterocycles. The Labute approximate surface area is 124 Å². The van der Waals surface area contributed by atoms with E-state index in [-0.39, 0.29) is 17.8 Å². The highest BCUT2D eigenvalue weighted by Gasteiger charge is 2.22. The number of hydrogen-bond acceptors (Lipinski definition) is 4. The summed E-state index contributed by atoms with van der Waals surface area (Å²) in [7, 11) is 1.85. The van der Waals surface area contributed by atoms with E-state index >= 15 is 0 Å². The van der Waals surface area contributed by atoms with Crippen LogP contribution < -0.4 is 5.73 Å². The molecule has 114 valence electrons. The second-order valence-corrected chi connectivity index (χ2v) is 5.21. The normalized spacial score (nSPS) is 16.7. The highest BCUT2D eigenvalue weighted by molar-refractivity contribution is 5.97. The van der Waals surface area contributed by atoms with Crippen LogP contribution in [0.5, 0.6) is 0 Å². The van der Waals surface area contributed by atoms with Gasteiger partial charge >= 0.3 is 0 Å². The number of nitrogens with two attached hydrogens (primary N) is 1. The lowest BCUT2D eigenvalue weighted by molar-refractivity contribution is -0.132. The van der Waals surface area contributed by atoms with Crippen LogP contribution in [0.25, 0.3) is 0 Å². The molecule has 6 nitrogen and oxygen atoms in total. The van der Waals surface area contributed by atoms with Gasteiger partial charge in [0.25, 0.3) is 0 Å². The molecular formula is C15H21N3O3. The zero-order valence-corrected chi connectivity index (χ0v) is 12.2. The maximum absolute atomic E-state index is 12.3. The molecule has 1 heterocycles. The van der Waals surface area contributed by atoms with Gasteiger partial charge in [-0.3, -0.25) is 4.79 Å². The first-order valence-electron chi connectivity index (χ1n) is 7.02. The Morgan fingerprint density at radius 3 is 2.57 bits per heavy atom. The Morgan fingerprint density at radius 2 is 2.00 bits per heavy atom. The lowest BCUT2D eigenvalue weighted by atomic mass is 10.0. The van der Waals surface area contributed by atoms with Crippen molar-refractivity contribution in [3.8, 4) is 0 Å². The number of carbonyl (C=O) groups excluding carboxylic acids is 1. The molecule has 0 radical (unpaired) electrons. The van der Waals surface area contributed by atoms with Crippen molar-refractivity contribution >= 4 is 11.7 Å². The molecule has 0 bridgehead atoms. The number of benzene rings is 1. The molecule has 0 atom stereocenters. The van der Waals surface area contributed by atoms with E-state index in [1.807, 2.05) is 24.1 Å². The summed E-state index contributed by atoms with van der Waals surface area (Å²) in [6.07, 6.45) is 2.14. The van der Waals surface area contributed by atoms with Crippen LogP contribution in [0.3, 0.4) is 0 Å². The van der Waals surface area contributed by atoms with Gasteiger partial charge in [-0.25, -0.2) is 0 Å². The third-order valence-corrected chi connectivity index (χ3v) is 3.84. The SMILES string of the molecule is CN(C(=O)Cc1ccc(C(N)=NO)cc1)C1CCOCC1. The summed E-state index contributed by atoms with van der Waals surface area (Å²) in [5, 5.41) is 11.6. The van der Waals surface area contributed by atoms with Gasteiger partial charge in [0.05, 0.1) is 6.42 Å². The van der Waals surface area contributed by atoms with Crippen LogP contribution >= 0.6 is 0 Å². The summed E-state index contributed by atoms with van der Waals surface area (Å²) in [5.74, 6) is 0.158. The molecule has 1 aromatic rings. The van der Waals surface area contributed by atoms with Gasteiger partial charge in [-0.15, -0.1) is 0 Å². The maximum Gasteiger partial charge on any atom is 0.226 e. The lowest BCUT2D eigenvalue weighted by Crippen LogP contribution is -2.41. The fraction of sp³-hybridized carbons (Fsp3) is 0.467. The van der Waals surface area contributed by atoms with Crippen molar-refractivity contribution in [3.05, 3.63) is 35.4 Å². The average Bonchev–Trinajstić information content (AvgIpc) is 2.55. The molecular weight excluding hydrogens is 270 g/mol. The molecule has 1 amide bonds. The zero-order valence-electron chi connectivity index (χ0n) is 12.2. The third kappa shape index (κ3) is 3.95. The molecule has 0 aromatic heterocycles. The van der Waals surface area contributed by atoms with Crippen molar-refractivity contribution in [2.45, 2.75) is 25.3 Å². The van der Waals surface area contributed by atoms with Crippen LogP contribution in [0.1, 0.15) is 24.0 Å². The summed E-state index contributed by atoms with van der Waals surface area (Å²) >= 11 is 0. The van der Waals surface area contributed by atoms with E-state index < -0.39 is 0 Å². The van der Waals surface area contributed by atoms with Gasteiger partial charge in [-0.2, -0.15) is 0 Å². The first-order valence-corrected chi connectivity index (χ1v) is 7.02. The number of likely N-dealkylation sites (N-methyl/N-ethyl adjacent to an activating group) is 1. The smallest absolute Gasteiger partial charge is 0.226 e. The molecule has 0 spiro atoms. The Balaban J connectivity index is 1.95. The average molecular weight is 291 g/mol. The van der Waals surface area contributed by atoms with Crippen molar-refractivity contribution in [2.75, 3.05) is 20.3 Å². The lowest BCUT2D eigenvalue weighted by Gasteiger charge is -2.31. The first-order chi connectivity index (χ1) is 10.1. The number of nitrogens with zero attached hydrogens (tertiary/aromatic N) is 2. The van der Waals surface area contributed by atoms with Crippen LogP contribution in [0, 0.1) is 0 Å². The Bertz CT molecular complexity index is 507. The molecule has 0 saturated carbocycles. The zero-order chi connectivity index (χ0) is 15.2. The minimum Gasteiger partial charge on any atom is -0.409 e. The van der Waals surface area contributed by atoms with Crippen LogP contribution in [-0.2, 0) is 16.0 Å². The molecule has 1 saturated heterocycles. The number of rotatable bonds is 4. The van der Waals surface area contributed by atoms with Gasteiger partial charge in [-0.05, 0) is 18.4 Å². The standard InChI is InChI=1S/C15H21N3O3/c1-18(13-6-8-21-9-7-13)14(19)10-11-2-4-12(5-3-11)15(16)17-20/h2-5,13,20H,6-10H2,1H3,(H2,16,17). The largest absolute Gasteiger partial charge is 0.409 e. The van der Waals surface area contributed by atoms with Gasteiger partial charge in [0.15, 0.2) is 5.84 Å². The molecule has 6 heteroatoms. The fourth-order valence-corrected chi connectivity index (χ4v) is 2.43. The quantitative estimate of drug-likeness (QED) is 0.374. The molecule has 1 aliphatic rings. The van der Waals surface area contributed by atoms with Crippen LogP contribution in [0.4, 0.5) is 0 Å². The number of oxime groups is 1. The van der Waals surface area contributed by atoms with E-state index in [1.165, 1.54) is 0 Å². The fourth-order valence-electron chi connectivity index (χ4n) is 2.43. The molecule has 3 N–H and O–H groups in total. The first kappa shape index (κ1) is 15.3. The van der Waals surface area contributed by atoms with Crippen molar-refractivity contribution < 1.29 is 14.7 Å². The van der Waals surface area contributed by atoms with Crippen LogP contribution in [0.2, 0.25) is 0 Å². The Hall–Kier alpha value is -2.08. The third-order valence-electron chi connectivity index (χ3n) is 3.84. The number of amidine groups is 1. The van der Waals surface area contributed by atoms with Crippen LogP contribution in [-0.4, -0.2) is 48.2 Å². The Kier molecular flexibility index (Phi) is 5.16. The molecule has 21 heavy (non-hydrogen) atoms. The summed E-state index contributed by atoms with van der Waals surface area (Å²) in [5.41, 5.74) is 7.05. The molecule has 1 fully saturated rings. The van der Waals surface area contributed by atoms with E-state index in [4.69, 9.17) is 15.7 Å². The van der Waals surface area contributed by atoms with Crippen molar-refractivity contribution in [1.29, 1.82) is 0 Å². The molecule has 0 aliphatic carbocycles. The monoisotopic (exact) mass is 291 g/mol. The van der Waals surface area contributed by atoms with E-state index in [0.717, 1.165) is 31.6 Å². The van der Waals surface area contributed by atoms with Gasteiger partial charge in [0.1, 0.15) is 0 Å². The van der Waals surface area contributed by atoms with Gasteiger partial charge in [0, 0.05) is 31.9 Å². The van der Waals surface area contributed by atoms with E-state index in [1.54, 1.807) is 12.1 Å². The van der Waals surface area contributed by atoms with Gasteiger partial charge < -0.3 is 20.6 Å². The number of amides is 1. The van der Waals surface area contributed by atoms with E-state index in [2.05, 4.69) is 5.16 Å². The van der Waals surface area contributed by atoms with E-state index in [0.29, 0.717) is 12.0 Å². The highest BCUT2D eigenvalue weighted by atomic mass is 16.5. The molecule has 2 rings (SSSR count). The minimum atomic E-state index is 0.0622. The highest BCUT2D eigenvalue weighted by Crippen LogP contribution is 2.14. The Morgan fingerprint density at radius 1 is 1.38 bits per heavy atom. The predicted molar refractivity (Wildman–Crippen MR) is 79.3 cm³/mol. The van der Waals surface area contributed by atoms with Gasteiger partial charge in [0.2, 0.25) is 5.91 Å². The van der Waals surface area contributed by atoms with Crippen molar-refractivity contribution in [1.82, 2.24) is 4.90 Å². The minimum absolute atomic E-state index is 0.0622. The van der Waals surface area contributed by atoms with Crippen LogP contribution in [0.15, 0.2) is 29.4 Å². The summed E-state index contributed by atoms with van der Waals surface area (Å²) in [6.45, 7) is 1.44. The maximum atomic E-state index is 12.3. The number of ether oxygens (including phenoxy) is 1. The van der Waals surface area contributed by atoms with Crippen molar-refractivity contribution in [3.63, 3.8) is 0 Å². The predicted octanol–water partition coefficient (Wildman–Crippen LogP) is 0.961. The summed E-state index contributed by atoms with van der Waals surface area (Å²) in [4.78, 5) is 14.1. The topological polar surface area (TPSA) is 88.2 Å². The second kappa shape index (κ2) is 7.08. The van der Waals surface area contributed by atoms with E-state index in [9.17, 15) is 4.79 Å². The second-order valence-electron chi connectivity index (χ2n) is 5.21. The number of carbonyl (C=O) groups is 1. The van der Waals surface area contributed by atoms with Crippen molar-refractivity contribution in [2.24, 2.45) is 10.9 Å². The molecule has 1 aromatic carbocycles. The molecule has 0 unspecified atom stereocenters. The number of hydrogen-bond donors (Lipinski definition) is 2. The summed E-state index contributed by atoms with van der Waals surface area (Å²) < 4.78 is 5.31. The summed E-state index contributed by atoms with van der Waals surface area (Å²) in [6, 6.07) is 7.40. The van der Waals surface area contributed by atoms with Gasteiger partial charge in [-0.1, -0.05) is 29.4 Å².